The first-order valence-electron chi connectivity index (χ1n) is 8.07. The van der Waals surface area contributed by atoms with Crippen molar-refractivity contribution in [3.05, 3.63) is 30.2 Å². The van der Waals surface area contributed by atoms with Crippen LogP contribution in [0.3, 0.4) is 0 Å². The Morgan fingerprint density at radius 2 is 2.33 bits per heavy atom. The van der Waals surface area contributed by atoms with Crippen molar-refractivity contribution in [1.82, 2.24) is 15.5 Å². The second kappa shape index (κ2) is 6.60. The molecule has 7 heteroatoms. The lowest BCUT2D eigenvalue weighted by molar-refractivity contribution is 0.122. The van der Waals surface area contributed by atoms with Crippen LogP contribution in [0, 0.1) is 12.3 Å². The highest BCUT2D eigenvalue weighted by Crippen LogP contribution is 2.37. The molecule has 7 nitrogen and oxygen atoms in total. The van der Waals surface area contributed by atoms with Crippen LogP contribution in [0.2, 0.25) is 0 Å². The summed E-state index contributed by atoms with van der Waals surface area (Å²) >= 11 is 0. The predicted octanol–water partition coefficient (Wildman–Crippen LogP) is 2.72. The molecule has 2 atom stereocenters. The van der Waals surface area contributed by atoms with Gasteiger partial charge in [-0.25, -0.2) is 4.79 Å². The van der Waals surface area contributed by atoms with E-state index in [0.717, 1.165) is 30.4 Å². The maximum absolute atomic E-state index is 12.4. The van der Waals surface area contributed by atoms with E-state index in [1.807, 2.05) is 32.0 Å². The molecule has 1 aromatic heterocycles. The van der Waals surface area contributed by atoms with Crippen LogP contribution in [0.4, 0.5) is 10.5 Å². The summed E-state index contributed by atoms with van der Waals surface area (Å²) in [5.74, 6) is 0.405. The van der Waals surface area contributed by atoms with Gasteiger partial charge in [0.05, 0.1) is 6.61 Å². The van der Waals surface area contributed by atoms with E-state index >= 15 is 0 Å². The Kier molecular flexibility index (Phi) is 4.53. The third kappa shape index (κ3) is 3.26. The molecule has 0 spiro atoms. The Labute approximate surface area is 140 Å². The number of amides is 2. The Morgan fingerprint density at radius 1 is 1.50 bits per heavy atom. The number of anilines is 1. The Balaban J connectivity index is 1.71. The largest absolute Gasteiger partial charge is 0.423 e. The maximum atomic E-state index is 12.4. The highest BCUT2D eigenvalue weighted by atomic mass is 16.4. The van der Waals surface area contributed by atoms with Gasteiger partial charge in [0.2, 0.25) is 12.3 Å². The second-order valence-corrected chi connectivity index (χ2v) is 6.63. The van der Waals surface area contributed by atoms with E-state index < -0.39 is 0 Å². The SMILES string of the molecule is Cc1ccc(-c2nnco2)cc1NC(=O)NC1CCCC1(C)CO. The molecule has 1 aliphatic carbocycles. The number of carbonyl (C=O) groups is 1. The van der Waals surface area contributed by atoms with Crippen LogP contribution in [0.15, 0.2) is 29.0 Å². The summed E-state index contributed by atoms with van der Waals surface area (Å²) in [5.41, 5.74) is 2.11. The standard InChI is InChI=1S/C17H22N4O3/c1-11-5-6-12(15-21-18-10-24-15)8-13(11)19-16(23)20-14-4-3-7-17(14,2)9-22/h5-6,8,10,14,22H,3-4,7,9H2,1-2H3,(H2,19,20,23). The van der Waals surface area contributed by atoms with Gasteiger partial charge in [0, 0.05) is 22.7 Å². The minimum atomic E-state index is -0.271. The third-order valence-electron chi connectivity index (χ3n) is 4.84. The number of aliphatic hydroxyl groups excluding tert-OH is 1. The lowest BCUT2D eigenvalue weighted by atomic mass is 9.86. The second-order valence-electron chi connectivity index (χ2n) is 6.63. The molecule has 0 radical (unpaired) electrons. The first kappa shape index (κ1) is 16.4. The van der Waals surface area contributed by atoms with Gasteiger partial charge in [0.1, 0.15) is 0 Å². The minimum absolute atomic E-state index is 0.0260. The van der Waals surface area contributed by atoms with Crippen molar-refractivity contribution in [2.45, 2.75) is 39.2 Å². The number of aryl methyl sites for hydroxylation is 1. The molecule has 0 aliphatic heterocycles. The van der Waals surface area contributed by atoms with Gasteiger partial charge in [-0.2, -0.15) is 0 Å². The molecular formula is C17H22N4O3. The summed E-state index contributed by atoms with van der Waals surface area (Å²) in [6.45, 7) is 4.00. The molecule has 2 aromatic rings. The fraction of sp³-hybridized carbons (Fsp3) is 0.471. The summed E-state index contributed by atoms with van der Waals surface area (Å²) in [6, 6.07) is 5.27. The van der Waals surface area contributed by atoms with Crippen LogP contribution < -0.4 is 10.6 Å². The summed E-state index contributed by atoms with van der Waals surface area (Å²) in [6.07, 6.45) is 4.07. The van der Waals surface area contributed by atoms with Gasteiger partial charge in [0.15, 0.2) is 0 Å². The number of aliphatic hydroxyl groups is 1. The highest BCUT2D eigenvalue weighted by molar-refractivity contribution is 5.91. The average Bonchev–Trinajstić information content (AvgIpc) is 3.21. The molecule has 3 N–H and O–H groups in total. The van der Waals surface area contributed by atoms with Crippen LogP contribution in [0.1, 0.15) is 31.7 Å². The van der Waals surface area contributed by atoms with Crippen LogP contribution in [0.25, 0.3) is 11.5 Å². The fourth-order valence-electron chi connectivity index (χ4n) is 3.17. The molecule has 3 rings (SSSR count). The summed E-state index contributed by atoms with van der Waals surface area (Å²) in [4.78, 5) is 12.4. The molecule has 1 heterocycles. The zero-order valence-electron chi connectivity index (χ0n) is 13.9. The van der Waals surface area contributed by atoms with Crippen molar-refractivity contribution >= 4 is 11.7 Å². The number of carbonyl (C=O) groups excluding carboxylic acids is 1. The molecule has 1 aliphatic rings. The van der Waals surface area contributed by atoms with Crippen molar-refractivity contribution in [3.8, 4) is 11.5 Å². The van der Waals surface area contributed by atoms with E-state index in [-0.39, 0.29) is 24.1 Å². The van der Waals surface area contributed by atoms with Crippen molar-refractivity contribution in [2.24, 2.45) is 5.41 Å². The molecule has 1 aromatic carbocycles. The molecule has 1 fully saturated rings. The Bertz CT molecular complexity index is 717. The number of urea groups is 1. The molecule has 2 amide bonds. The number of nitrogens with zero attached hydrogens (tertiary/aromatic N) is 2. The Hall–Kier alpha value is -2.41. The average molecular weight is 330 g/mol. The zero-order valence-corrected chi connectivity index (χ0v) is 13.9. The number of hydrogen-bond donors (Lipinski definition) is 3. The van der Waals surface area contributed by atoms with Crippen molar-refractivity contribution in [2.75, 3.05) is 11.9 Å². The molecule has 0 bridgehead atoms. The molecule has 0 saturated heterocycles. The van der Waals surface area contributed by atoms with Gasteiger partial charge in [-0.05, 0) is 37.5 Å². The van der Waals surface area contributed by atoms with E-state index in [0.29, 0.717) is 11.6 Å². The topological polar surface area (TPSA) is 100 Å². The van der Waals surface area contributed by atoms with E-state index in [1.165, 1.54) is 6.39 Å². The molecular weight excluding hydrogens is 308 g/mol. The zero-order chi connectivity index (χ0) is 17.2. The normalized spacial score (nSPS) is 23.2. The van der Waals surface area contributed by atoms with Gasteiger partial charge in [-0.3, -0.25) is 0 Å². The molecule has 128 valence electrons. The van der Waals surface area contributed by atoms with Crippen LogP contribution in [-0.2, 0) is 0 Å². The monoisotopic (exact) mass is 330 g/mol. The van der Waals surface area contributed by atoms with Gasteiger partial charge < -0.3 is 20.2 Å². The summed E-state index contributed by atoms with van der Waals surface area (Å²) in [7, 11) is 0. The quantitative estimate of drug-likeness (QED) is 0.800. The van der Waals surface area contributed by atoms with Crippen molar-refractivity contribution in [3.63, 3.8) is 0 Å². The first-order valence-corrected chi connectivity index (χ1v) is 8.07. The number of aromatic nitrogens is 2. The highest BCUT2D eigenvalue weighted by Gasteiger charge is 2.39. The lowest BCUT2D eigenvalue weighted by Gasteiger charge is -2.30. The van der Waals surface area contributed by atoms with Crippen molar-refractivity contribution < 1.29 is 14.3 Å². The number of rotatable bonds is 4. The van der Waals surface area contributed by atoms with Gasteiger partial charge in [0.25, 0.3) is 0 Å². The molecule has 2 unspecified atom stereocenters. The number of nitrogens with one attached hydrogen (secondary N) is 2. The predicted molar refractivity (Wildman–Crippen MR) is 89.5 cm³/mol. The van der Waals surface area contributed by atoms with Crippen LogP contribution in [0.5, 0.6) is 0 Å². The molecule has 24 heavy (non-hydrogen) atoms. The van der Waals surface area contributed by atoms with Crippen LogP contribution >= 0.6 is 0 Å². The molecule has 1 saturated carbocycles. The minimum Gasteiger partial charge on any atom is -0.423 e. The maximum Gasteiger partial charge on any atom is 0.319 e. The number of hydrogen-bond acceptors (Lipinski definition) is 5. The fourth-order valence-corrected chi connectivity index (χ4v) is 3.17. The summed E-state index contributed by atoms with van der Waals surface area (Å²) < 4.78 is 5.19. The van der Waals surface area contributed by atoms with E-state index in [9.17, 15) is 9.90 Å². The number of benzene rings is 1. The smallest absolute Gasteiger partial charge is 0.319 e. The van der Waals surface area contributed by atoms with E-state index in [4.69, 9.17) is 4.42 Å². The third-order valence-corrected chi connectivity index (χ3v) is 4.84. The van der Waals surface area contributed by atoms with Crippen molar-refractivity contribution in [1.29, 1.82) is 0 Å². The summed E-state index contributed by atoms with van der Waals surface area (Å²) in [5, 5.41) is 23.0. The lowest BCUT2D eigenvalue weighted by Crippen LogP contribution is -2.46. The van der Waals surface area contributed by atoms with E-state index in [2.05, 4.69) is 20.8 Å². The first-order chi connectivity index (χ1) is 11.5. The van der Waals surface area contributed by atoms with Gasteiger partial charge in [-0.15, -0.1) is 10.2 Å². The van der Waals surface area contributed by atoms with E-state index in [1.54, 1.807) is 0 Å². The Morgan fingerprint density at radius 3 is 3.04 bits per heavy atom. The van der Waals surface area contributed by atoms with Gasteiger partial charge >= 0.3 is 6.03 Å². The van der Waals surface area contributed by atoms with Gasteiger partial charge in [-0.1, -0.05) is 19.4 Å². The van der Waals surface area contributed by atoms with Crippen LogP contribution in [-0.4, -0.2) is 34.0 Å².